The molecule has 0 saturated carbocycles. The van der Waals surface area contributed by atoms with E-state index in [0.717, 1.165) is 40.8 Å². The molecule has 8 amide bonds. The Morgan fingerprint density at radius 2 is 1.46 bits per heavy atom. The molecule has 10 N–H and O–H groups in total. The van der Waals surface area contributed by atoms with Gasteiger partial charge in [-0.05, 0) is 73.1 Å². The molecule has 0 fully saturated rings. The number of benzene rings is 3. The number of imide groups is 1. The number of carbonyl (C=O) groups excluding carboxylic acids is 9. The van der Waals surface area contributed by atoms with Gasteiger partial charge in [0, 0.05) is 81.0 Å². The fourth-order valence-corrected chi connectivity index (χ4v) is 8.40. The lowest BCUT2D eigenvalue weighted by Gasteiger charge is -2.40. The summed E-state index contributed by atoms with van der Waals surface area (Å²) in [5.74, 6) is -9.21. The maximum absolute atomic E-state index is 15.1. The second kappa shape index (κ2) is 30.2. The van der Waals surface area contributed by atoms with Gasteiger partial charge in [-0.25, -0.2) is 23.4 Å². The zero-order chi connectivity index (χ0) is 61.1. The maximum atomic E-state index is 15.1. The van der Waals surface area contributed by atoms with Crippen LogP contribution in [0, 0.1) is 23.0 Å². The number of nitrogens with zero attached hydrogens (tertiary/aromatic N) is 4. The SMILES string of the molecule is C[C@H](NC(=O)CCNC(=O)[C@@H](N)CCN(C(=O)CO)[C@@H](c1nc(-c2cc(F)ccc2F)cn1Cc1ccccc1)C(C)(C)C)C(=O)C[C@@H](CCCNC(N)=O)C(=O)Nc1ccc(CC(=O)CN2C(=O)C=CC2=O)cc1.O=C(O)C(F)(F)F. The molecule has 1 aromatic heterocycles. The Morgan fingerprint density at radius 1 is 0.829 bits per heavy atom. The van der Waals surface area contributed by atoms with Gasteiger partial charge < -0.3 is 52.4 Å². The number of Topliss-reactive ketones (excluding diaryl/α,β-unsaturated/α-hetero) is 2. The van der Waals surface area contributed by atoms with Crippen LogP contribution in [-0.4, -0.2) is 140 Å². The van der Waals surface area contributed by atoms with Crippen molar-refractivity contribution in [2.45, 2.75) is 97.1 Å². The zero-order valence-corrected chi connectivity index (χ0v) is 45.3. The van der Waals surface area contributed by atoms with Crippen LogP contribution in [0.4, 0.5) is 32.4 Å². The van der Waals surface area contributed by atoms with E-state index in [1.54, 1.807) is 35.0 Å². The number of carboxylic acids is 1. The number of aromatic nitrogens is 2. The van der Waals surface area contributed by atoms with Gasteiger partial charge >= 0.3 is 18.2 Å². The number of nitrogens with one attached hydrogen (secondary N) is 4. The number of amides is 8. The number of urea groups is 1. The molecule has 1 aliphatic heterocycles. The number of ketones is 2. The molecule has 22 nitrogen and oxygen atoms in total. The van der Waals surface area contributed by atoms with Crippen molar-refractivity contribution in [3.05, 3.63) is 120 Å². The number of carbonyl (C=O) groups is 10. The van der Waals surface area contributed by atoms with Gasteiger partial charge in [-0.2, -0.15) is 13.2 Å². The predicted molar refractivity (Wildman–Crippen MR) is 285 cm³/mol. The zero-order valence-electron chi connectivity index (χ0n) is 45.3. The third-order valence-electron chi connectivity index (χ3n) is 12.5. The van der Waals surface area contributed by atoms with Crippen molar-refractivity contribution in [2.24, 2.45) is 22.8 Å². The number of hydrogen-bond donors (Lipinski definition) is 8. The molecule has 442 valence electrons. The quantitative estimate of drug-likeness (QED) is 0.0239. The van der Waals surface area contributed by atoms with Crippen molar-refractivity contribution < 1.29 is 80.1 Å². The van der Waals surface area contributed by atoms with Crippen LogP contribution in [0.2, 0.25) is 0 Å². The molecular formula is C55H65F5N10O12. The number of alkyl halides is 3. The van der Waals surface area contributed by atoms with E-state index in [1.807, 2.05) is 51.1 Å². The van der Waals surface area contributed by atoms with Crippen LogP contribution < -0.4 is 32.7 Å². The van der Waals surface area contributed by atoms with E-state index in [4.69, 9.17) is 26.4 Å². The largest absolute Gasteiger partial charge is 0.490 e. The van der Waals surface area contributed by atoms with Gasteiger partial charge in [-0.3, -0.25) is 43.3 Å². The Hall–Kier alpha value is -8.72. The first kappa shape index (κ1) is 65.8. The Kier molecular flexibility index (Phi) is 24.2. The van der Waals surface area contributed by atoms with E-state index >= 15 is 4.39 Å². The first-order valence-electron chi connectivity index (χ1n) is 25.6. The van der Waals surface area contributed by atoms with Gasteiger partial charge in [0.2, 0.25) is 23.6 Å². The minimum atomic E-state index is -5.08. The summed E-state index contributed by atoms with van der Waals surface area (Å²) in [7, 11) is 0. The average molecular weight is 1150 g/mol. The first-order chi connectivity index (χ1) is 38.5. The fourth-order valence-electron chi connectivity index (χ4n) is 8.40. The second-order valence-corrected chi connectivity index (χ2v) is 20.1. The van der Waals surface area contributed by atoms with Gasteiger partial charge in [-0.1, -0.05) is 63.2 Å². The third kappa shape index (κ3) is 20.4. The monoisotopic (exact) mass is 1150 g/mol. The molecule has 0 unspecified atom stereocenters. The lowest BCUT2D eigenvalue weighted by Crippen LogP contribution is -2.48. The number of nitrogens with two attached hydrogens (primary N) is 2. The summed E-state index contributed by atoms with van der Waals surface area (Å²) in [6.07, 6.45) is -1.63. The predicted octanol–water partition coefficient (Wildman–Crippen LogP) is 3.85. The van der Waals surface area contributed by atoms with E-state index < -0.39 is 107 Å². The van der Waals surface area contributed by atoms with Gasteiger partial charge in [0.15, 0.2) is 11.6 Å². The number of anilines is 1. The second-order valence-electron chi connectivity index (χ2n) is 20.1. The Balaban J connectivity index is 0.00000193. The van der Waals surface area contributed by atoms with E-state index in [-0.39, 0.29) is 88.3 Å². The number of rotatable bonds is 27. The molecule has 0 bridgehead atoms. The molecule has 0 spiro atoms. The van der Waals surface area contributed by atoms with Gasteiger partial charge in [0.05, 0.1) is 30.4 Å². The number of carboxylic acid groups (broad SMARTS) is 1. The van der Waals surface area contributed by atoms with Crippen LogP contribution in [0.1, 0.15) is 82.8 Å². The van der Waals surface area contributed by atoms with Gasteiger partial charge in [-0.15, -0.1) is 0 Å². The summed E-state index contributed by atoms with van der Waals surface area (Å²) in [6.45, 7) is 5.76. The normalized spacial score (nSPS) is 13.7. The molecule has 0 aliphatic carbocycles. The lowest BCUT2D eigenvalue weighted by molar-refractivity contribution is -0.192. The molecule has 5 rings (SSSR count). The summed E-state index contributed by atoms with van der Waals surface area (Å²) < 4.78 is 63.0. The molecule has 27 heteroatoms. The van der Waals surface area contributed by atoms with Crippen molar-refractivity contribution >= 4 is 64.7 Å². The van der Waals surface area contributed by atoms with E-state index in [9.17, 15) is 65.8 Å². The van der Waals surface area contributed by atoms with E-state index in [1.165, 1.54) is 11.8 Å². The van der Waals surface area contributed by atoms with Crippen molar-refractivity contribution in [2.75, 3.05) is 38.1 Å². The first-order valence-corrected chi connectivity index (χ1v) is 25.6. The maximum Gasteiger partial charge on any atom is 0.490 e. The number of imidazole rings is 1. The molecule has 4 aromatic rings. The highest BCUT2D eigenvalue weighted by Gasteiger charge is 2.40. The Labute approximate surface area is 467 Å². The summed E-state index contributed by atoms with van der Waals surface area (Å²) in [5, 5.41) is 27.7. The summed E-state index contributed by atoms with van der Waals surface area (Å²) in [5.41, 5.74) is 12.5. The van der Waals surface area contributed by atoms with E-state index in [0.29, 0.717) is 17.1 Å². The van der Waals surface area contributed by atoms with Crippen LogP contribution >= 0.6 is 0 Å². The van der Waals surface area contributed by atoms with Crippen LogP contribution in [0.25, 0.3) is 11.3 Å². The Morgan fingerprint density at radius 3 is 2.05 bits per heavy atom. The van der Waals surface area contributed by atoms with Crippen molar-refractivity contribution in [1.29, 1.82) is 0 Å². The minimum Gasteiger partial charge on any atom is -0.475 e. The lowest BCUT2D eigenvalue weighted by atomic mass is 9.84. The molecule has 4 atom stereocenters. The standard InChI is InChI=1S/C53H64F2N10O10.C2HF3O2/c1-32(43(68)26-35(11-8-22-59-52(57)75)50(73)61-37-15-12-33(13-16-37)25-38(67)29-65-45(70)18-19-46(65)71)60-44(69)20-23-58-51(74)41(56)21-24-64(47(72)31-66)48(53(2,3)4)49-62-42(39-27-36(54)14-17-40(39)55)30-63(49)28-34-9-6-5-7-10-34;3-2(4,5)1(6)7/h5-7,9-10,12-19,27,30,32,35,41,48,66H,8,11,20-26,28-29,31,56H2,1-4H3,(H,58,74)(H,60,69)(H,61,73)(H3,57,59,75);(H,6,7)/t32-,35+,41-,48-;/m0./s1. The van der Waals surface area contributed by atoms with Crippen molar-refractivity contribution in [1.82, 2.24) is 35.3 Å². The van der Waals surface area contributed by atoms with Crippen LogP contribution in [0.15, 0.2) is 91.1 Å². The molecule has 82 heavy (non-hydrogen) atoms. The number of aliphatic hydroxyl groups is 1. The highest BCUT2D eigenvalue weighted by Crippen LogP contribution is 2.40. The summed E-state index contributed by atoms with van der Waals surface area (Å²) in [4.78, 5) is 130. The summed E-state index contributed by atoms with van der Waals surface area (Å²) >= 11 is 0. The topological polar surface area (TPSA) is 336 Å². The molecule has 0 radical (unpaired) electrons. The van der Waals surface area contributed by atoms with Crippen molar-refractivity contribution in [3.8, 4) is 11.3 Å². The fraction of sp³-hybridized carbons (Fsp3) is 0.400. The van der Waals surface area contributed by atoms with Gasteiger partial charge in [0.1, 0.15) is 24.1 Å². The van der Waals surface area contributed by atoms with E-state index in [2.05, 4.69) is 21.3 Å². The number of aliphatic carboxylic acids is 1. The average Bonchev–Trinajstić information content (AvgIpc) is 3.96. The van der Waals surface area contributed by atoms with Gasteiger partial charge in [0.25, 0.3) is 11.8 Å². The molecule has 2 heterocycles. The third-order valence-corrected chi connectivity index (χ3v) is 12.5. The van der Waals surface area contributed by atoms with Crippen LogP contribution in [0.3, 0.4) is 0 Å². The van der Waals surface area contributed by atoms with Crippen molar-refractivity contribution in [3.63, 3.8) is 0 Å². The molecule has 3 aromatic carbocycles. The minimum absolute atomic E-state index is 0.0774. The highest BCUT2D eigenvalue weighted by molar-refractivity contribution is 6.14. The molecule has 1 aliphatic rings. The Bertz CT molecular complexity index is 2970. The highest BCUT2D eigenvalue weighted by atomic mass is 19.4. The van der Waals surface area contributed by atoms with Crippen LogP contribution in [0.5, 0.6) is 0 Å². The molecule has 0 saturated heterocycles. The number of primary amides is 1. The smallest absolute Gasteiger partial charge is 0.475 e. The number of aliphatic hydroxyl groups excluding tert-OH is 1. The molecular weight excluding hydrogens is 1090 g/mol. The number of halogens is 5. The number of hydrogen-bond acceptors (Lipinski definition) is 13. The summed E-state index contributed by atoms with van der Waals surface area (Å²) in [6, 6.07) is 14.7. The van der Waals surface area contributed by atoms with Crippen LogP contribution in [-0.2, 0) is 56.1 Å².